The van der Waals surface area contributed by atoms with Gasteiger partial charge in [-0.05, 0) is 24.1 Å². The zero-order valence-corrected chi connectivity index (χ0v) is 21.9. The van der Waals surface area contributed by atoms with E-state index in [2.05, 4.69) is 20.4 Å². The molecule has 14 nitrogen and oxygen atoms in total. The zero-order chi connectivity index (χ0) is 27.8. The number of hydrogen-bond donors (Lipinski definition) is 4. The van der Waals surface area contributed by atoms with E-state index in [0.717, 1.165) is 16.2 Å². The van der Waals surface area contributed by atoms with Gasteiger partial charge in [-0.25, -0.2) is 14.8 Å². The summed E-state index contributed by atoms with van der Waals surface area (Å²) < 4.78 is 5.05. The third-order valence-corrected chi connectivity index (χ3v) is 8.26. The van der Waals surface area contributed by atoms with Crippen molar-refractivity contribution in [1.29, 1.82) is 0 Å². The average molecular weight is 572 g/mol. The van der Waals surface area contributed by atoms with Crippen molar-refractivity contribution in [1.82, 2.24) is 20.2 Å². The molecule has 5 rings (SSSR count). The number of allylic oxidation sites excluding steroid dienone is 1. The van der Waals surface area contributed by atoms with Crippen LogP contribution in [0.1, 0.15) is 12.1 Å². The molecule has 2 fully saturated rings. The Morgan fingerprint density at radius 3 is 2.74 bits per heavy atom. The van der Waals surface area contributed by atoms with E-state index in [1.54, 1.807) is 12.1 Å². The number of pyridine rings is 1. The van der Waals surface area contributed by atoms with Crippen LogP contribution in [0.25, 0.3) is 0 Å². The number of thioether (sulfide) groups is 1. The van der Waals surface area contributed by atoms with Crippen molar-refractivity contribution in [3.63, 3.8) is 0 Å². The summed E-state index contributed by atoms with van der Waals surface area (Å²) in [6.45, 7) is 0.389. The molecule has 3 aliphatic heterocycles. The molecule has 3 amide bonds. The normalized spacial score (nSPS) is 22.2. The van der Waals surface area contributed by atoms with Crippen molar-refractivity contribution >= 4 is 63.3 Å². The second-order valence-corrected chi connectivity index (χ2v) is 10.5. The third-order valence-electron chi connectivity index (χ3n) is 6.28. The number of oxime groups is 1. The Labute approximate surface area is 228 Å². The number of thiazole rings is 1. The van der Waals surface area contributed by atoms with Gasteiger partial charge in [0.2, 0.25) is 5.88 Å². The molecule has 202 valence electrons. The third kappa shape index (κ3) is 4.67. The molecule has 0 bridgehead atoms. The SMILES string of the molecule is COc1ccc(N2CCC(=CC3=C(C(=O)O)N4C(=O)[C@@H](NC(=O)C(=NO)c5csc(N)n5)[C@H]4SC3)C2=O)cn1. The summed E-state index contributed by atoms with van der Waals surface area (Å²) in [5.41, 5.74) is 6.24. The van der Waals surface area contributed by atoms with Crippen LogP contribution in [0.15, 0.2) is 51.8 Å². The number of anilines is 2. The van der Waals surface area contributed by atoms with Gasteiger partial charge < -0.3 is 31.0 Å². The van der Waals surface area contributed by atoms with Gasteiger partial charge in [0.25, 0.3) is 17.7 Å². The van der Waals surface area contributed by atoms with Crippen LogP contribution >= 0.6 is 23.1 Å². The van der Waals surface area contributed by atoms with Crippen LogP contribution in [0.2, 0.25) is 0 Å². The van der Waals surface area contributed by atoms with Crippen LogP contribution in [-0.2, 0) is 19.2 Å². The van der Waals surface area contributed by atoms with E-state index >= 15 is 0 Å². The second-order valence-electron chi connectivity index (χ2n) is 8.49. The Hall–Kier alpha value is -4.44. The van der Waals surface area contributed by atoms with Gasteiger partial charge in [0, 0.05) is 29.3 Å². The van der Waals surface area contributed by atoms with Gasteiger partial charge in [0.05, 0.1) is 19.0 Å². The molecule has 2 saturated heterocycles. The molecule has 0 unspecified atom stereocenters. The number of aliphatic carboxylic acids is 1. The highest BCUT2D eigenvalue weighted by Crippen LogP contribution is 2.41. The molecule has 2 aromatic heterocycles. The summed E-state index contributed by atoms with van der Waals surface area (Å²) in [4.78, 5) is 61.6. The lowest BCUT2D eigenvalue weighted by Gasteiger charge is -2.49. The maximum Gasteiger partial charge on any atom is 0.352 e. The number of fused-ring (bicyclic) bond motifs is 1. The highest BCUT2D eigenvalue weighted by atomic mass is 32.2. The lowest BCUT2D eigenvalue weighted by molar-refractivity contribution is -0.150. The van der Waals surface area contributed by atoms with Crippen LogP contribution in [0.3, 0.4) is 0 Å². The molecule has 5 N–H and O–H groups in total. The molecule has 2 aromatic rings. The first-order valence-electron chi connectivity index (χ1n) is 11.4. The van der Waals surface area contributed by atoms with E-state index in [1.165, 1.54) is 41.4 Å². The molecule has 0 radical (unpaired) electrons. The number of nitrogen functional groups attached to an aromatic ring is 1. The Morgan fingerprint density at radius 1 is 1.33 bits per heavy atom. The molecule has 39 heavy (non-hydrogen) atoms. The Kier molecular flexibility index (Phi) is 6.96. The van der Waals surface area contributed by atoms with Gasteiger partial charge in [0.15, 0.2) is 10.8 Å². The lowest BCUT2D eigenvalue weighted by atomic mass is 10.0. The molecule has 2 atom stereocenters. The van der Waals surface area contributed by atoms with Crippen molar-refractivity contribution in [2.24, 2.45) is 5.16 Å². The molecule has 0 spiro atoms. The molecular formula is C23H21N7O7S2. The monoisotopic (exact) mass is 571 g/mol. The summed E-state index contributed by atoms with van der Waals surface area (Å²) in [5.74, 6) is -2.53. The van der Waals surface area contributed by atoms with Crippen molar-refractivity contribution in [2.75, 3.05) is 30.0 Å². The van der Waals surface area contributed by atoms with Gasteiger partial charge >= 0.3 is 5.97 Å². The molecular weight excluding hydrogens is 550 g/mol. The van der Waals surface area contributed by atoms with Crippen LogP contribution < -0.4 is 20.7 Å². The number of carbonyl (C=O) groups is 4. The highest BCUT2D eigenvalue weighted by molar-refractivity contribution is 8.00. The van der Waals surface area contributed by atoms with E-state index in [4.69, 9.17) is 10.5 Å². The van der Waals surface area contributed by atoms with Gasteiger partial charge in [-0.15, -0.1) is 23.1 Å². The number of hydrogen-bond acceptors (Lipinski definition) is 12. The molecule has 16 heteroatoms. The van der Waals surface area contributed by atoms with Crippen LogP contribution in [0.4, 0.5) is 10.8 Å². The van der Waals surface area contributed by atoms with E-state index in [-0.39, 0.29) is 28.2 Å². The molecule has 3 aliphatic rings. The topological polar surface area (TPSA) is 201 Å². The molecule has 0 saturated carbocycles. The number of rotatable bonds is 7. The molecule has 5 heterocycles. The quantitative estimate of drug-likeness (QED) is 0.118. The fraction of sp³-hybridized carbons (Fsp3) is 0.261. The number of methoxy groups -OCH3 is 1. The summed E-state index contributed by atoms with van der Waals surface area (Å²) >= 11 is 2.28. The van der Waals surface area contributed by atoms with Crippen LogP contribution in [0, 0.1) is 0 Å². The number of carboxylic acid groups (broad SMARTS) is 1. The van der Waals surface area contributed by atoms with E-state index in [0.29, 0.717) is 35.7 Å². The summed E-state index contributed by atoms with van der Waals surface area (Å²) in [6, 6.07) is 2.30. The van der Waals surface area contributed by atoms with Crippen molar-refractivity contribution in [3.05, 3.63) is 52.3 Å². The molecule has 0 aromatic carbocycles. The first kappa shape index (κ1) is 26.2. The number of aromatic nitrogens is 2. The van der Waals surface area contributed by atoms with E-state index < -0.39 is 34.9 Å². The maximum atomic E-state index is 13.1. The fourth-order valence-electron chi connectivity index (χ4n) is 4.43. The minimum Gasteiger partial charge on any atom is -0.481 e. The Bertz CT molecular complexity index is 1470. The number of nitrogens with one attached hydrogen (secondary N) is 1. The lowest BCUT2D eigenvalue weighted by Crippen LogP contribution is -2.71. The van der Waals surface area contributed by atoms with Crippen molar-refractivity contribution in [2.45, 2.75) is 17.8 Å². The van der Waals surface area contributed by atoms with E-state index in [1.807, 2.05) is 0 Å². The van der Waals surface area contributed by atoms with E-state index in [9.17, 15) is 29.5 Å². The van der Waals surface area contributed by atoms with Gasteiger partial charge in [-0.2, -0.15) is 0 Å². The Balaban J connectivity index is 1.34. The number of amides is 3. The largest absolute Gasteiger partial charge is 0.481 e. The standard InChI is InChI=1S/C23H21N7O7S2/c1-37-14-3-2-12(7-25-14)29-5-4-10(19(29)32)6-11-8-38-21-16(20(33)30(21)17(11)22(34)35)27-18(31)15(28-36)13-9-39-23(24)26-13/h2-3,6-7,9,16,21,36H,4-5,8H2,1H3,(H2,24,26)(H,27,31)(H,34,35)/t16-,21-/m1/s1. The first-order chi connectivity index (χ1) is 18.7. The van der Waals surface area contributed by atoms with Crippen LogP contribution in [0.5, 0.6) is 5.88 Å². The Morgan fingerprint density at radius 2 is 2.13 bits per heavy atom. The number of ether oxygens (including phenoxy) is 1. The summed E-state index contributed by atoms with van der Waals surface area (Å²) in [6.07, 6.45) is 3.42. The number of nitrogens with two attached hydrogens (primary N) is 1. The average Bonchev–Trinajstić information content (AvgIpc) is 3.52. The predicted octanol–water partition coefficient (Wildman–Crippen LogP) is 0.409. The predicted molar refractivity (Wildman–Crippen MR) is 140 cm³/mol. The van der Waals surface area contributed by atoms with Gasteiger partial charge in [-0.1, -0.05) is 5.16 Å². The summed E-state index contributed by atoms with van der Waals surface area (Å²) in [5, 5.41) is 25.6. The van der Waals surface area contributed by atoms with Crippen LogP contribution in [-0.4, -0.2) is 85.4 Å². The van der Waals surface area contributed by atoms with Crippen molar-refractivity contribution in [3.8, 4) is 5.88 Å². The first-order valence-corrected chi connectivity index (χ1v) is 13.3. The summed E-state index contributed by atoms with van der Waals surface area (Å²) in [7, 11) is 1.49. The van der Waals surface area contributed by atoms with Crippen molar-refractivity contribution < 1.29 is 34.2 Å². The minimum absolute atomic E-state index is 0.0400. The number of carbonyl (C=O) groups excluding carboxylic acids is 3. The van der Waals surface area contributed by atoms with Gasteiger partial charge in [0.1, 0.15) is 22.8 Å². The maximum absolute atomic E-state index is 13.1. The second kappa shape index (κ2) is 10.4. The van der Waals surface area contributed by atoms with Gasteiger partial charge in [-0.3, -0.25) is 19.3 Å². The minimum atomic E-state index is -1.33. The molecule has 0 aliphatic carbocycles. The number of carboxylic acids is 1. The number of nitrogens with zero attached hydrogens (tertiary/aromatic N) is 5. The smallest absolute Gasteiger partial charge is 0.352 e. The zero-order valence-electron chi connectivity index (χ0n) is 20.2. The fourth-order valence-corrected chi connectivity index (χ4v) is 6.28. The highest BCUT2D eigenvalue weighted by Gasteiger charge is 2.54. The number of β-lactam (4-membered cyclic amide) rings is 1.